The van der Waals surface area contributed by atoms with Crippen LogP contribution in [0.5, 0.6) is 0 Å². The second-order valence-corrected chi connectivity index (χ2v) is 16.8. The number of fused-ring (bicyclic) bond motifs is 14. The topological polar surface area (TPSA) is 3.24 Å². The zero-order chi connectivity index (χ0) is 47.0. The average molecular weight is 800 g/mol. The van der Waals surface area contributed by atoms with E-state index in [2.05, 4.69) is 66.7 Å². The molecule has 2 heteroatoms. The molecular formula is C59H37NS. The predicted octanol–water partition coefficient (Wildman–Crippen LogP) is 16.4. The molecule has 13 rings (SSSR count). The summed E-state index contributed by atoms with van der Waals surface area (Å²) in [5.41, 5.74) is 9.09. The van der Waals surface area contributed by atoms with Crippen LogP contribution in [0.2, 0.25) is 0 Å². The zero-order valence-corrected chi connectivity index (χ0v) is 33.4. The highest BCUT2D eigenvalue weighted by atomic mass is 32.1. The lowest BCUT2D eigenvalue weighted by molar-refractivity contribution is 0.793. The Morgan fingerprint density at radius 2 is 0.967 bits per heavy atom. The fourth-order valence-corrected chi connectivity index (χ4v) is 11.3. The normalized spacial score (nSPS) is 14.9. The van der Waals surface area contributed by atoms with Crippen molar-refractivity contribution in [1.82, 2.24) is 0 Å². The van der Waals surface area contributed by atoms with Crippen molar-refractivity contribution in [3.63, 3.8) is 0 Å². The lowest BCUT2D eigenvalue weighted by Gasteiger charge is -2.32. The summed E-state index contributed by atoms with van der Waals surface area (Å²) < 4.78 is 80.4. The maximum Gasteiger partial charge on any atom is 0.0726 e. The van der Waals surface area contributed by atoms with Gasteiger partial charge in [-0.05, 0) is 126 Å². The molecule has 11 aromatic rings. The number of rotatable bonds is 5. The van der Waals surface area contributed by atoms with Crippen molar-refractivity contribution in [2.75, 3.05) is 4.90 Å². The molecule has 284 valence electrons. The molecule has 0 amide bonds. The monoisotopic (exact) mass is 799 g/mol. The van der Waals surface area contributed by atoms with Crippen molar-refractivity contribution in [1.29, 1.82) is 0 Å². The van der Waals surface area contributed by atoms with Crippen molar-refractivity contribution in [2.24, 2.45) is 0 Å². The van der Waals surface area contributed by atoms with E-state index >= 15 is 0 Å². The molecule has 0 fully saturated rings. The molecule has 0 bridgehead atoms. The van der Waals surface area contributed by atoms with Crippen molar-refractivity contribution in [2.45, 2.75) is 5.41 Å². The minimum Gasteiger partial charge on any atom is -0.310 e. The fraction of sp³-hybridized carbons (Fsp3) is 0.0169. The van der Waals surface area contributed by atoms with E-state index in [0.717, 1.165) is 75.5 Å². The third-order valence-electron chi connectivity index (χ3n) is 12.6. The molecule has 1 spiro atoms. The van der Waals surface area contributed by atoms with Crippen LogP contribution in [0.15, 0.2) is 224 Å². The molecule has 2 aliphatic rings. The summed E-state index contributed by atoms with van der Waals surface area (Å²) in [5, 5.41) is 3.43. The fourth-order valence-electron chi connectivity index (χ4n) is 10.2. The molecule has 2 aliphatic carbocycles. The molecule has 0 saturated heterocycles. The Morgan fingerprint density at radius 3 is 1.72 bits per heavy atom. The highest BCUT2D eigenvalue weighted by Crippen LogP contribution is 2.63. The van der Waals surface area contributed by atoms with Gasteiger partial charge in [0.1, 0.15) is 0 Å². The Kier molecular flexibility index (Phi) is 5.92. The first kappa shape index (κ1) is 27.3. The number of anilines is 3. The maximum atomic E-state index is 10.3. The molecule has 0 saturated carbocycles. The van der Waals surface area contributed by atoms with Gasteiger partial charge in [-0.3, -0.25) is 0 Å². The van der Waals surface area contributed by atoms with Crippen LogP contribution in [0.4, 0.5) is 17.1 Å². The number of thiophene rings is 1. The van der Waals surface area contributed by atoms with Gasteiger partial charge in [0.2, 0.25) is 0 Å². The van der Waals surface area contributed by atoms with Crippen LogP contribution in [-0.4, -0.2) is 0 Å². The van der Waals surface area contributed by atoms with E-state index in [0.29, 0.717) is 16.8 Å². The van der Waals surface area contributed by atoms with Gasteiger partial charge in [0.25, 0.3) is 0 Å². The smallest absolute Gasteiger partial charge is 0.0726 e. The van der Waals surface area contributed by atoms with Gasteiger partial charge in [-0.1, -0.05) is 176 Å². The van der Waals surface area contributed by atoms with Gasteiger partial charge in [0.15, 0.2) is 0 Å². The summed E-state index contributed by atoms with van der Waals surface area (Å²) in [6.45, 7) is 0. The lowest BCUT2D eigenvalue weighted by atomic mass is 9.70. The Hall–Kier alpha value is -7.52. The average Bonchev–Trinajstić information content (AvgIpc) is 4.01. The third kappa shape index (κ3) is 4.94. The molecule has 0 N–H and O–H groups in total. The Bertz CT molecular complexity index is 3950. The van der Waals surface area contributed by atoms with Gasteiger partial charge >= 0.3 is 0 Å². The lowest BCUT2D eigenvalue weighted by Crippen LogP contribution is -2.26. The van der Waals surface area contributed by atoms with Gasteiger partial charge in [-0.2, -0.15) is 0 Å². The molecule has 10 aromatic carbocycles. The van der Waals surface area contributed by atoms with E-state index in [-0.39, 0.29) is 58.8 Å². The van der Waals surface area contributed by atoms with Crippen molar-refractivity contribution < 1.29 is 11.0 Å². The van der Waals surface area contributed by atoms with Crippen LogP contribution in [0, 0.1) is 0 Å². The van der Waals surface area contributed by atoms with Crippen LogP contribution in [0.25, 0.3) is 75.5 Å². The first-order valence-electron chi connectivity index (χ1n) is 24.4. The summed E-state index contributed by atoms with van der Waals surface area (Å²) in [7, 11) is 0. The molecule has 0 atom stereocenters. The minimum absolute atomic E-state index is 0.127. The standard InChI is InChI=1S/C59H37NS/c1-2-18-44-38(14-1)15-12-23-45(44)39-30-32-41(33-31-39)60(42-17-11-16-40(36-42)46-24-13-29-57-58(46)51-22-6-10-28-56(51)61-57)43-34-35-50-49-21-5-9-27-54(49)59(55(50)37-43)52-25-7-3-19-47(52)48-20-4-8-26-53(48)59/h1-37H/i11D,16D,17D,30D,31D,32D,33D,36D. The van der Waals surface area contributed by atoms with Crippen molar-refractivity contribution in [3.05, 3.63) is 247 Å². The number of benzene rings is 10. The van der Waals surface area contributed by atoms with Crippen molar-refractivity contribution in [3.8, 4) is 44.5 Å². The summed E-state index contributed by atoms with van der Waals surface area (Å²) in [6, 6.07) is 55.4. The Morgan fingerprint density at radius 1 is 0.393 bits per heavy atom. The Balaban J connectivity index is 1.14. The SMILES string of the molecule is [2H]c1c([2H])c(-c2cccc3sc4ccccc4c23)c([2H])c(N(c2ccc3c(c2)C2(c4ccccc4-c4ccccc42)c2ccccc2-3)c2c([2H])c([2H])c(-c3cccc4ccccc34)c([2H])c2[2H])c1[2H]. The predicted molar refractivity (Wildman–Crippen MR) is 259 cm³/mol. The number of nitrogens with zero attached hydrogens (tertiary/aromatic N) is 1. The maximum absolute atomic E-state index is 10.3. The first-order chi connectivity index (χ1) is 33.6. The number of hydrogen-bond acceptors (Lipinski definition) is 2. The van der Waals surface area contributed by atoms with E-state index in [4.69, 9.17) is 0 Å². The van der Waals surface area contributed by atoms with Crippen LogP contribution < -0.4 is 4.90 Å². The van der Waals surface area contributed by atoms with E-state index in [1.807, 2.05) is 109 Å². The van der Waals surface area contributed by atoms with Crippen LogP contribution in [0.3, 0.4) is 0 Å². The van der Waals surface area contributed by atoms with Gasteiger partial charge in [0, 0.05) is 37.2 Å². The summed E-state index contributed by atoms with van der Waals surface area (Å²) >= 11 is 1.60. The van der Waals surface area contributed by atoms with Gasteiger partial charge in [-0.15, -0.1) is 11.3 Å². The quantitative estimate of drug-likeness (QED) is 0.168. The molecule has 0 radical (unpaired) electrons. The van der Waals surface area contributed by atoms with E-state index in [1.165, 1.54) is 4.90 Å². The van der Waals surface area contributed by atoms with Crippen molar-refractivity contribution >= 4 is 59.3 Å². The minimum atomic E-state index is -0.798. The van der Waals surface area contributed by atoms with E-state index in [1.54, 1.807) is 11.3 Å². The Labute approximate surface area is 370 Å². The molecule has 61 heavy (non-hydrogen) atoms. The van der Waals surface area contributed by atoms with Crippen LogP contribution in [-0.2, 0) is 5.41 Å². The zero-order valence-electron chi connectivity index (χ0n) is 40.6. The van der Waals surface area contributed by atoms with E-state index < -0.39 is 17.5 Å². The van der Waals surface area contributed by atoms with Gasteiger partial charge < -0.3 is 4.90 Å². The second kappa shape index (κ2) is 13.2. The van der Waals surface area contributed by atoms with Gasteiger partial charge in [0.05, 0.1) is 16.4 Å². The molecule has 0 unspecified atom stereocenters. The third-order valence-corrected chi connectivity index (χ3v) is 13.8. The summed E-state index contributed by atoms with van der Waals surface area (Å²) in [4.78, 5) is 1.49. The highest BCUT2D eigenvalue weighted by molar-refractivity contribution is 7.25. The summed E-state index contributed by atoms with van der Waals surface area (Å²) in [5.74, 6) is 0. The van der Waals surface area contributed by atoms with E-state index in [9.17, 15) is 11.0 Å². The first-order valence-corrected chi connectivity index (χ1v) is 21.3. The van der Waals surface area contributed by atoms with Gasteiger partial charge in [-0.25, -0.2) is 0 Å². The molecule has 1 heterocycles. The van der Waals surface area contributed by atoms with Crippen LogP contribution >= 0.6 is 11.3 Å². The highest BCUT2D eigenvalue weighted by Gasteiger charge is 2.51. The number of hydrogen-bond donors (Lipinski definition) is 0. The molecule has 0 aliphatic heterocycles. The van der Waals surface area contributed by atoms with Crippen LogP contribution in [0.1, 0.15) is 33.2 Å². The molecular weight excluding hydrogens is 755 g/mol. The molecule has 1 aromatic heterocycles. The summed E-state index contributed by atoms with van der Waals surface area (Å²) in [6.07, 6.45) is 0. The largest absolute Gasteiger partial charge is 0.310 e. The second-order valence-electron chi connectivity index (χ2n) is 15.7. The molecule has 1 nitrogen and oxygen atoms in total.